The van der Waals surface area contributed by atoms with E-state index in [0.29, 0.717) is 19.0 Å². The van der Waals surface area contributed by atoms with Gasteiger partial charge in [-0.15, -0.1) is 0 Å². The molecule has 2 fully saturated rings. The van der Waals surface area contributed by atoms with Crippen LogP contribution in [0.25, 0.3) is 0 Å². The summed E-state index contributed by atoms with van der Waals surface area (Å²) >= 11 is 0. The van der Waals surface area contributed by atoms with E-state index >= 15 is 0 Å². The van der Waals surface area contributed by atoms with Crippen LogP contribution in [0.3, 0.4) is 0 Å². The van der Waals surface area contributed by atoms with Crippen molar-refractivity contribution in [3.05, 3.63) is 0 Å². The zero-order chi connectivity index (χ0) is 11.1. The molecule has 0 aromatic carbocycles. The topological polar surface area (TPSA) is 52.6 Å². The molecule has 2 heterocycles. The molecule has 4 heteroatoms. The lowest BCUT2D eigenvalue weighted by Crippen LogP contribution is -2.65. The molecule has 0 aliphatic carbocycles. The molecule has 0 aromatic rings. The Balaban J connectivity index is 1.82. The molecule has 1 amide bonds. The molecule has 15 heavy (non-hydrogen) atoms. The highest BCUT2D eigenvalue weighted by Gasteiger charge is 2.44. The Morgan fingerprint density at radius 3 is 2.60 bits per heavy atom. The highest BCUT2D eigenvalue weighted by Crippen LogP contribution is 2.28. The average molecular weight is 212 g/mol. The van der Waals surface area contributed by atoms with Crippen LogP contribution in [0.5, 0.6) is 0 Å². The Labute approximate surface area is 90.6 Å². The minimum atomic E-state index is -0.604. The normalized spacial score (nSPS) is 26.7. The summed E-state index contributed by atoms with van der Waals surface area (Å²) < 4.78 is 0. The maximum absolute atomic E-state index is 12.0. The zero-order valence-corrected chi connectivity index (χ0v) is 9.49. The standard InChI is InChI=1S/C11H20N2O2/c1-3-11(15)6-13(7-11)10(14)8(2)9-4-12-5-9/h8-9,12,15H,3-7H2,1-2H3. The molecule has 0 spiro atoms. The predicted molar refractivity (Wildman–Crippen MR) is 57.3 cm³/mol. The number of hydrogen-bond donors (Lipinski definition) is 2. The summed E-state index contributed by atoms with van der Waals surface area (Å²) in [4.78, 5) is 13.7. The summed E-state index contributed by atoms with van der Waals surface area (Å²) in [6.07, 6.45) is 0.732. The fraction of sp³-hybridized carbons (Fsp3) is 0.909. The molecule has 2 aliphatic heterocycles. The first kappa shape index (κ1) is 10.9. The van der Waals surface area contributed by atoms with Crippen LogP contribution in [0.15, 0.2) is 0 Å². The number of carbonyl (C=O) groups is 1. The Hall–Kier alpha value is -0.610. The van der Waals surface area contributed by atoms with Gasteiger partial charge in [0.15, 0.2) is 0 Å². The number of nitrogens with one attached hydrogen (secondary N) is 1. The summed E-state index contributed by atoms with van der Waals surface area (Å²) in [6.45, 7) is 6.91. The highest BCUT2D eigenvalue weighted by molar-refractivity contribution is 5.80. The summed E-state index contributed by atoms with van der Waals surface area (Å²) in [6, 6.07) is 0. The molecule has 1 unspecified atom stereocenters. The molecule has 2 aliphatic rings. The van der Waals surface area contributed by atoms with E-state index in [1.807, 2.05) is 13.8 Å². The molecule has 4 nitrogen and oxygen atoms in total. The molecule has 2 N–H and O–H groups in total. The lowest BCUT2D eigenvalue weighted by molar-refractivity contribution is -0.161. The first-order valence-corrected chi connectivity index (χ1v) is 5.77. The fourth-order valence-electron chi connectivity index (χ4n) is 2.20. The number of amides is 1. The number of likely N-dealkylation sites (tertiary alicyclic amines) is 1. The Kier molecular flexibility index (Phi) is 2.73. The van der Waals surface area contributed by atoms with Crippen molar-refractivity contribution in [1.29, 1.82) is 0 Å². The molecule has 0 radical (unpaired) electrons. The van der Waals surface area contributed by atoms with Crippen molar-refractivity contribution in [1.82, 2.24) is 10.2 Å². The van der Waals surface area contributed by atoms with Crippen molar-refractivity contribution < 1.29 is 9.90 Å². The van der Waals surface area contributed by atoms with E-state index in [2.05, 4.69) is 5.32 Å². The summed E-state index contributed by atoms with van der Waals surface area (Å²) in [5.41, 5.74) is -0.604. The number of β-amino-alcohol motifs (C(OH)–C–C–N with tert-alkyl or cyclic N) is 1. The Morgan fingerprint density at radius 1 is 1.60 bits per heavy atom. The molecule has 2 rings (SSSR count). The number of aliphatic hydroxyl groups is 1. The third-order valence-electron chi connectivity index (χ3n) is 3.85. The monoisotopic (exact) mass is 212 g/mol. The van der Waals surface area contributed by atoms with Crippen molar-refractivity contribution in [2.45, 2.75) is 25.9 Å². The minimum Gasteiger partial charge on any atom is -0.386 e. The lowest BCUT2D eigenvalue weighted by atomic mass is 9.84. The van der Waals surface area contributed by atoms with Gasteiger partial charge in [-0.2, -0.15) is 0 Å². The second-order valence-corrected chi connectivity index (χ2v) is 4.98. The van der Waals surface area contributed by atoms with Gasteiger partial charge in [0.25, 0.3) is 0 Å². The molecular formula is C11H20N2O2. The smallest absolute Gasteiger partial charge is 0.225 e. The van der Waals surface area contributed by atoms with Crippen molar-refractivity contribution in [2.75, 3.05) is 26.2 Å². The van der Waals surface area contributed by atoms with Crippen LogP contribution in [-0.2, 0) is 4.79 Å². The lowest BCUT2D eigenvalue weighted by Gasteiger charge is -2.48. The van der Waals surface area contributed by atoms with Crippen molar-refractivity contribution in [3.63, 3.8) is 0 Å². The van der Waals surface area contributed by atoms with E-state index in [1.165, 1.54) is 0 Å². The summed E-state index contributed by atoms with van der Waals surface area (Å²) in [5.74, 6) is 0.806. The average Bonchev–Trinajstić information content (AvgIpc) is 2.09. The largest absolute Gasteiger partial charge is 0.386 e. The number of nitrogens with zero attached hydrogens (tertiary/aromatic N) is 1. The van der Waals surface area contributed by atoms with Gasteiger partial charge in [-0.05, 0) is 25.4 Å². The van der Waals surface area contributed by atoms with E-state index in [0.717, 1.165) is 19.5 Å². The number of carbonyl (C=O) groups excluding carboxylic acids is 1. The van der Waals surface area contributed by atoms with E-state index in [-0.39, 0.29) is 11.8 Å². The van der Waals surface area contributed by atoms with E-state index in [1.54, 1.807) is 4.90 Å². The summed E-state index contributed by atoms with van der Waals surface area (Å²) in [7, 11) is 0. The van der Waals surface area contributed by atoms with Crippen LogP contribution in [-0.4, -0.2) is 47.7 Å². The maximum Gasteiger partial charge on any atom is 0.225 e. The first-order valence-electron chi connectivity index (χ1n) is 5.77. The van der Waals surface area contributed by atoms with Crippen LogP contribution in [0.1, 0.15) is 20.3 Å². The van der Waals surface area contributed by atoms with Crippen LogP contribution >= 0.6 is 0 Å². The molecule has 86 valence electrons. The molecular weight excluding hydrogens is 192 g/mol. The van der Waals surface area contributed by atoms with Gasteiger partial charge in [-0.25, -0.2) is 0 Å². The van der Waals surface area contributed by atoms with Gasteiger partial charge >= 0.3 is 0 Å². The van der Waals surface area contributed by atoms with Crippen LogP contribution in [0.2, 0.25) is 0 Å². The second kappa shape index (κ2) is 3.76. The quantitative estimate of drug-likeness (QED) is 0.682. The second-order valence-electron chi connectivity index (χ2n) is 4.98. The van der Waals surface area contributed by atoms with Crippen LogP contribution < -0.4 is 5.32 Å². The molecule has 2 saturated heterocycles. The SMILES string of the molecule is CCC1(O)CN(C(=O)C(C)C2CNC2)C1. The third kappa shape index (κ3) is 1.88. The first-order chi connectivity index (χ1) is 7.06. The van der Waals surface area contributed by atoms with Crippen LogP contribution in [0, 0.1) is 11.8 Å². The van der Waals surface area contributed by atoms with E-state index in [4.69, 9.17) is 0 Å². The van der Waals surface area contributed by atoms with Gasteiger partial charge in [0.2, 0.25) is 5.91 Å². The molecule has 1 atom stereocenters. The number of hydrogen-bond acceptors (Lipinski definition) is 3. The Bertz CT molecular complexity index is 257. The zero-order valence-electron chi connectivity index (χ0n) is 9.49. The van der Waals surface area contributed by atoms with Gasteiger partial charge in [-0.1, -0.05) is 13.8 Å². The van der Waals surface area contributed by atoms with Gasteiger partial charge < -0.3 is 15.3 Å². The van der Waals surface area contributed by atoms with Crippen LogP contribution in [0.4, 0.5) is 0 Å². The highest BCUT2D eigenvalue weighted by atomic mass is 16.3. The van der Waals surface area contributed by atoms with Gasteiger partial charge in [-0.3, -0.25) is 4.79 Å². The molecule has 0 aromatic heterocycles. The fourth-order valence-corrected chi connectivity index (χ4v) is 2.20. The van der Waals surface area contributed by atoms with Gasteiger partial charge in [0.1, 0.15) is 0 Å². The predicted octanol–water partition coefficient (Wildman–Crippen LogP) is -0.175. The number of rotatable bonds is 3. The van der Waals surface area contributed by atoms with Crippen molar-refractivity contribution in [2.24, 2.45) is 11.8 Å². The van der Waals surface area contributed by atoms with E-state index in [9.17, 15) is 9.90 Å². The maximum atomic E-state index is 12.0. The van der Waals surface area contributed by atoms with E-state index < -0.39 is 5.60 Å². The Morgan fingerprint density at radius 2 is 2.20 bits per heavy atom. The third-order valence-corrected chi connectivity index (χ3v) is 3.85. The van der Waals surface area contributed by atoms with Crippen molar-refractivity contribution >= 4 is 5.91 Å². The minimum absolute atomic E-state index is 0.104. The summed E-state index contributed by atoms with van der Waals surface area (Å²) in [5, 5.41) is 13.0. The van der Waals surface area contributed by atoms with Crippen molar-refractivity contribution in [3.8, 4) is 0 Å². The molecule has 0 bridgehead atoms. The van der Waals surface area contributed by atoms with Gasteiger partial charge in [0, 0.05) is 5.92 Å². The molecule has 0 saturated carbocycles. The van der Waals surface area contributed by atoms with Gasteiger partial charge in [0.05, 0.1) is 18.7 Å².